The van der Waals surface area contributed by atoms with Gasteiger partial charge in [0.05, 0.1) is 12.2 Å². The lowest BCUT2D eigenvalue weighted by Gasteiger charge is -2.31. The number of urea groups is 1. The minimum absolute atomic E-state index is 0.103. The molecule has 1 aromatic carbocycles. The summed E-state index contributed by atoms with van der Waals surface area (Å²) in [5.74, 6) is 0.0927. The Balaban J connectivity index is 1.52. The molecule has 3 amide bonds. The van der Waals surface area contributed by atoms with Crippen molar-refractivity contribution >= 4 is 17.6 Å². The summed E-state index contributed by atoms with van der Waals surface area (Å²) in [6.07, 6.45) is 3.58. The van der Waals surface area contributed by atoms with Crippen molar-refractivity contribution in [1.29, 1.82) is 0 Å². The molecule has 1 aliphatic carbocycles. The first kappa shape index (κ1) is 17.5. The molecule has 1 aromatic rings. The number of hydrogen-bond donors (Lipinski definition) is 3. The largest absolute Gasteiger partial charge is 0.358 e. The number of carbonyl (C=O) groups is 2. The molecule has 1 atom stereocenters. The van der Waals surface area contributed by atoms with Gasteiger partial charge in [-0.3, -0.25) is 4.79 Å². The second kappa shape index (κ2) is 7.72. The van der Waals surface area contributed by atoms with Crippen LogP contribution in [0.25, 0.3) is 0 Å². The van der Waals surface area contributed by atoms with Crippen molar-refractivity contribution in [2.24, 2.45) is 5.92 Å². The van der Waals surface area contributed by atoms with E-state index in [1.165, 1.54) is 25.3 Å². The molecule has 1 saturated carbocycles. The minimum Gasteiger partial charge on any atom is -0.358 e. The van der Waals surface area contributed by atoms with Crippen LogP contribution in [0, 0.1) is 11.7 Å². The molecule has 25 heavy (non-hydrogen) atoms. The summed E-state index contributed by atoms with van der Waals surface area (Å²) in [5, 5.41) is 8.43. The van der Waals surface area contributed by atoms with E-state index in [9.17, 15) is 14.0 Å². The predicted molar refractivity (Wildman–Crippen MR) is 93.8 cm³/mol. The molecule has 2 aliphatic rings. The number of piperazine rings is 1. The average Bonchev–Trinajstić information content (AvgIpc) is 2.51. The van der Waals surface area contributed by atoms with E-state index in [2.05, 4.69) is 16.0 Å². The van der Waals surface area contributed by atoms with Crippen LogP contribution in [0.1, 0.15) is 31.7 Å². The Hall–Kier alpha value is -2.31. The fraction of sp³-hybridized carbons (Fsp3) is 0.556. The minimum atomic E-state index is -0.378. The lowest BCUT2D eigenvalue weighted by Crippen LogP contribution is -2.48. The molecule has 1 heterocycles. The standard InChI is InChI=1S/C18H25FN4O2/c1-12(14-3-2-4-14)22-18(25)21-10-13-5-6-16(15(19)9-13)23-8-7-20-17(24)11-23/h5-6,9,12,14H,2-4,7-8,10-11H2,1H3,(H,20,24)(H2,21,22,25). The summed E-state index contributed by atoms with van der Waals surface area (Å²) in [5.41, 5.74) is 1.11. The number of benzene rings is 1. The van der Waals surface area contributed by atoms with Crippen molar-refractivity contribution in [2.75, 3.05) is 24.5 Å². The van der Waals surface area contributed by atoms with E-state index in [1.54, 1.807) is 17.0 Å². The Morgan fingerprint density at radius 2 is 2.24 bits per heavy atom. The fourth-order valence-corrected chi connectivity index (χ4v) is 3.26. The van der Waals surface area contributed by atoms with Gasteiger partial charge in [-0.1, -0.05) is 12.5 Å². The molecule has 0 spiro atoms. The van der Waals surface area contributed by atoms with Crippen LogP contribution in [0.5, 0.6) is 0 Å². The number of halogens is 1. The third-order valence-electron chi connectivity index (χ3n) is 5.06. The van der Waals surface area contributed by atoms with E-state index in [0.29, 0.717) is 30.3 Å². The molecule has 2 fully saturated rings. The van der Waals surface area contributed by atoms with E-state index in [-0.39, 0.29) is 36.9 Å². The first-order valence-corrected chi connectivity index (χ1v) is 8.87. The van der Waals surface area contributed by atoms with Crippen LogP contribution in [0.4, 0.5) is 14.9 Å². The second-order valence-corrected chi connectivity index (χ2v) is 6.86. The molecular formula is C18H25FN4O2. The normalized spacial score (nSPS) is 19.0. The number of carbonyl (C=O) groups excluding carboxylic acids is 2. The van der Waals surface area contributed by atoms with Crippen LogP contribution < -0.4 is 20.9 Å². The zero-order valence-electron chi connectivity index (χ0n) is 14.5. The van der Waals surface area contributed by atoms with E-state index in [0.717, 1.165) is 0 Å². The Labute approximate surface area is 147 Å². The molecule has 0 aromatic heterocycles. The Bertz CT molecular complexity index is 648. The maximum Gasteiger partial charge on any atom is 0.315 e. The highest BCUT2D eigenvalue weighted by Gasteiger charge is 2.25. The van der Waals surface area contributed by atoms with Crippen LogP contribution in [-0.2, 0) is 11.3 Å². The van der Waals surface area contributed by atoms with Crippen molar-refractivity contribution in [3.63, 3.8) is 0 Å². The third kappa shape index (κ3) is 4.41. The second-order valence-electron chi connectivity index (χ2n) is 6.86. The summed E-state index contributed by atoms with van der Waals surface area (Å²) in [6, 6.07) is 4.80. The highest BCUT2D eigenvalue weighted by atomic mass is 19.1. The van der Waals surface area contributed by atoms with Crippen LogP contribution >= 0.6 is 0 Å². The van der Waals surface area contributed by atoms with Crippen LogP contribution in [-0.4, -0.2) is 37.6 Å². The monoisotopic (exact) mass is 348 g/mol. The number of anilines is 1. The van der Waals surface area contributed by atoms with Gasteiger partial charge in [-0.25, -0.2) is 9.18 Å². The Morgan fingerprint density at radius 1 is 1.44 bits per heavy atom. The van der Waals surface area contributed by atoms with Gasteiger partial charge in [0.1, 0.15) is 5.82 Å². The highest BCUT2D eigenvalue weighted by Crippen LogP contribution is 2.29. The summed E-state index contributed by atoms with van der Waals surface area (Å²) >= 11 is 0. The van der Waals surface area contributed by atoms with Crippen molar-refractivity contribution < 1.29 is 14.0 Å². The van der Waals surface area contributed by atoms with Gasteiger partial charge in [0.25, 0.3) is 0 Å². The predicted octanol–water partition coefficient (Wildman–Crippen LogP) is 1.75. The zero-order valence-corrected chi connectivity index (χ0v) is 14.5. The molecule has 136 valence electrons. The highest BCUT2D eigenvalue weighted by molar-refractivity contribution is 5.82. The van der Waals surface area contributed by atoms with Gasteiger partial charge < -0.3 is 20.9 Å². The molecule has 7 heteroatoms. The lowest BCUT2D eigenvalue weighted by atomic mass is 9.80. The SMILES string of the molecule is CC(NC(=O)NCc1ccc(N2CCNC(=O)C2)c(F)c1)C1CCC1. The van der Waals surface area contributed by atoms with Crippen LogP contribution in [0.15, 0.2) is 18.2 Å². The van der Waals surface area contributed by atoms with E-state index < -0.39 is 0 Å². The molecule has 3 N–H and O–H groups in total. The van der Waals surface area contributed by atoms with Gasteiger partial charge in [-0.05, 0) is 43.4 Å². The van der Waals surface area contributed by atoms with Crippen molar-refractivity contribution in [3.05, 3.63) is 29.6 Å². The topological polar surface area (TPSA) is 73.5 Å². The van der Waals surface area contributed by atoms with Gasteiger partial charge in [0.2, 0.25) is 5.91 Å². The van der Waals surface area contributed by atoms with E-state index in [4.69, 9.17) is 0 Å². The third-order valence-corrected chi connectivity index (χ3v) is 5.06. The Morgan fingerprint density at radius 3 is 2.88 bits per heavy atom. The van der Waals surface area contributed by atoms with Gasteiger partial charge in [-0.2, -0.15) is 0 Å². The molecule has 6 nitrogen and oxygen atoms in total. The maximum atomic E-state index is 14.4. The number of amides is 3. The first-order valence-electron chi connectivity index (χ1n) is 8.87. The Kier molecular flexibility index (Phi) is 5.40. The average molecular weight is 348 g/mol. The summed E-state index contributed by atoms with van der Waals surface area (Å²) in [4.78, 5) is 25.1. The molecule has 1 saturated heterocycles. The molecule has 0 radical (unpaired) electrons. The van der Waals surface area contributed by atoms with E-state index in [1.807, 2.05) is 6.92 Å². The smallest absolute Gasteiger partial charge is 0.315 e. The van der Waals surface area contributed by atoms with Gasteiger partial charge >= 0.3 is 6.03 Å². The van der Waals surface area contributed by atoms with Crippen molar-refractivity contribution in [2.45, 2.75) is 38.8 Å². The molecule has 0 bridgehead atoms. The van der Waals surface area contributed by atoms with Crippen molar-refractivity contribution in [1.82, 2.24) is 16.0 Å². The van der Waals surface area contributed by atoms with Crippen LogP contribution in [0.3, 0.4) is 0 Å². The van der Waals surface area contributed by atoms with Gasteiger partial charge in [0.15, 0.2) is 0 Å². The summed E-state index contributed by atoms with van der Waals surface area (Å²) in [7, 11) is 0. The molecule has 1 aliphatic heterocycles. The quantitative estimate of drug-likeness (QED) is 0.759. The number of hydrogen-bond acceptors (Lipinski definition) is 3. The number of nitrogens with zero attached hydrogens (tertiary/aromatic N) is 1. The number of rotatable bonds is 5. The first-order chi connectivity index (χ1) is 12.0. The lowest BCUT2D eigenvalue weighted by molar-refractivity contribution is -0.120. The maximum absolute atomic E-state index is 14.4. The van der Waals surface area contributed by atoms with Crippen molar-refractivity contribution in [3.8, 4) is 0 Å². The fourth-order valence-electron chi connectivity index (χ4n) is 3.26. The zero-order chi connectivity index (χ0) is 17.8. The summed E-state index contributed by atoms with van der Waals surface area (Å²) in [6.45, 7) is 3.55. The molecule has 3 rings (SSSR count). The van der Waals surface area contributed by atoms with Gasteiger partial charge in [-0.15, -0.1) is 0 Å². The molecule has 1 unspecified atom stereocenters. The summed E-state index contributed by atoms with van der Waals surface area (Å²) < 4.78 is 14.4. The van der Waals surface area contributed by atoms with E-state index >= 15 is 0 Å². The number of nitrogens with one attached hydrogen (secondary N) is 3. The van der Waals surface area contributed by atoms with Gasteiger partial charge in [0, 0.05) is 25.7 Å². The van der Waals surface area contributed by atoms with Crippen LogP contribution in [0.2, 0.25) is 0 Å². The molecular weight excluding hydrogens is 323 g/mol.